The van der Waals surface area contributed by atoms with Gasteiger partial charge in [-0.15, -0.1) is 0 Å². The number of hydrogen-bond donors (Lipinski definition) is 3. The molecule has 0 radical (unpaired) electrons. The number of rotatable bonds is 6. The van der Waals surface area contributed by atoms with Gasteiger partial charge in [-0.3, -0.25) is 10.0 Å². The molecule has 6 nitrogen and oxygen atoms in total. The van der Waals surface area contributed by atoms with Crippen LogP contribution in [0.1, 0.15) is 19.4 Å². The van der Waals surface area contributed by atoms with E-state index in [9.17, 15) is 14.8 Å². The largest absolute Gasteiger partial charge is 0.480 e. The van der Waals surface area contributed by atoms with Crippen molar-refractivity contribution in [3.05, 3.63) is 35.9 Å². The van der Waals surface area contributed by atoms with Crippen molar-refractivity contribution in [2.24, 2.45) is 11.7 Å². The van der Waals surface area contributed by atoms with Gasteiger partial charge in [0.2, 0.25) is 0 Å². The van der Waals surface area contributed by atoms with Crippen molar-refractivity contribution in [2.75, 3.05) is 0 Å². The fraction of sp³-hybridized carbons (Fsp3) is 0.429. The quantitative estimate of drug-likeness (QED) is 0.530. The zero-order valence-corrected chi connectivity index (χ0v) is 11.6. The van der Waals surface area contributed by atoms with Gasteiger partial charge in [-0.25, -0.2) is 9.86 Å². The van der Waals surface area contributed by atoms with Gasteiger partial charge >= 0.3 is 5.97 Å². The second kappa shape index (κ2) is 7.02. The lowest BCUT2D eigenvalue weighted by atomic mass is 10.0. The average molecular weight is 280 g/mol. The normalized spacial score (nSPS) is 13.8. The number of nitrogens with two attached hydrogens (primary N) is 1. The molecule has 6 heteroatoms. The predicted molar refractivity (Wildman–Crippen MR) is 73.0 cm³/mol. The summed E-state index contributed by atoms with van der Waals surface area (Å²) >= 11 is 0. The van der Waals surface area contributed by atoms with Crippen LogP contribution in [0.5, 0.6) is 0 Å². The molecule has 1 aromatic rings. The number of carbonyl (C=O) groups excluding carboxylic acids is 1. The number of carboxylic acids is 1. The van der Waals surface area contributed by atoms with Crippen molar-refractivity contribution < 1.29 is 19.9 Å². The molecule has 0 aliphatic heterocycles. The third-order valence-electron chi connectivity index (χ3n) is 2.99. The maximum Gasteiger partial charge on any atom is 0.329 e. The van der Waals surface area contributed by atoms with Crippen LogP contribution in [0.3, 0.4) is 0 Å². The monoisotopic (exact) mass is 280 g/mol. The first-order valence-electron chi connectivity index (χ1n) is 6.38. The van der Waals surface area contributed by atoms with Gasteiger partial charge < -0.3 is 10.8 Å². The standard InChI is InChI=1S/C14H20N2O4/c1-9(2)12(14(18)19)16(20)13(17)11(15)8-10-6-4-3-5-7-10/h3-7,9,11-12,20H,8,15H2,1-2H3,(H,18,19)/t11-,12?/m0/s1. The third-order valence-corrected chi connectivity index (χ3v) is 2.99. The second-order valence-electron chi connectivity index (χ2n) is 5.01. The first-order valence-corrected chi connectivity index (χ1v) is 6.38. The third kappa shape index (κ3) is 4.04. The highest BCUT2D eigenvalue weighted by Crippen LogP contribution is 2.12. The first-order chi connectivity index (χ1) is 9.34. The minimum atomic E-state index is -1.30. The molecule has 1 aromatic carbocycles. The number of nitrogens with zero attached hydrogens (tertiary/aromatic N) is 1. The summed E-state index contributed by atoms with van der Waals surface area (Å²) in [7, 11) is 0. The Bertz CT molecular complexity index is 462. The van der Waals surface area contributed by atoms with Gasteiger partial charge in [0.25, 0.3) is 5.91 Å². The van der Waals surface area contributed by atoms with Crippen LogP contribution < -0.4 is 5.73 Å². The average Bonchev–Trinajstić information content (AvgIpc) is 2.37. The number of carboxylic acid groups (broad SMARTS) is 1. The van der Waals surface area contributed by atoms with Crippen LogP contribution in [0, 0.1) is 5.92 Å². The Balaban J connectivity index is 2.75. The van der Waals surface area contributed by atoms with E-state index < -0.39 is 29.9 Å². The molecule has 1 unspecified atom stereocenters. The van der Waals surface area contributed by atoms with E-state index in [-0.39, 0.29) is 11.5 Å². The molecule has 20 heavy (non-hydrogen) atoms. The van der Waals surface area contributed by atoms with Crippen molar-refractivity contribution in [2.45, 2.75) is 32.4 Å². The summed E-state index contributed by atoms with van der Waals surface area (Å²) in [5.74, 6) is -2.48. The number of aliphatic carboxylic acids is 1. The molecule has 0 bridgehead atoms. The SMILES string of the molecule is CC(C)C(C(=O)O)N(O)C(=O)[C@@H](N)Cc1ccccc1. The summed E-state index contributed by atoms with van der Waals surface area (Å²) in [4.78, 5) is 23.1. The molecule has 0 aliphatic rings. The van der Waals surface area contributed by atoms with Gasteiger partial charge in [0.05, 0.1) is 6.04 Å². The molecule has 0 aliphatic carbocycles. The maximum atomic E-state index is 12.0. The Morgan fingerprint density at radius 1 is 1.25 bits per heavy atom. The molecule has 0 spiro atoms. The molecule has 1 amide bonds. The van der Waals surface area contributed by atoms with E-state index >= 15 is 0 Å². The maximum absolute atomic E-state index is 12.0. The van der Waals surface area contributed by atoms with Crippen LogP contribution in [-0.2, 0) is 16.0 Å². The van der Waals surface area contributed by atoms with Crippen LogP contribution in [-0.4, -0.2) is 39.3 Å². The number of carbonyl (C=O) groups is 2. The molecule has 0 heterocycles. The molecule has 2 atom stereocenters. The van der Waals surface area contributed by atoms with Gasteiger partial charge in [-0.05, 0) is 17.9 Å². The Morgan fingerprint density at radius 2 is 1.80 bits per heavy atom. The lowest BCUT2D eigenvalue weighted by Gasteiger charge is -2.27. The zero-order valence-electron chi connectivity index (χ0n) is 11.6. The molecule has 4 N–H and O–H groups in total. The Morgan fingerprint density at radius 3 is 2.25 bits per heavy atom. The molecule has 0 saturated carbocycles. The number of hydroxylamine groups is 2. The van der Waals surface area contributed by atoms with Crippen LogP contribution >= 0.6 is 0 Å². The van der Waals surface area contributed by atoms with Crippen LogP contribution in [0.15, 0.2) is 30.3 Å². The molecule has 0 saturated heterocycles. The van der Waals surface area contributed by atoms with Gasteiger partial charge in [0.15, 0.2) is 6.04 Å². The molecule has 110 valence electrons. The van der Waals surface area contributed by atoms with Crippen molar-refractivity contribution in [1.82, 2.24) is 5.06 Å². The summed E-state index contributed by atoms with van der Waals surface area (Å²) in [5.41, 5.74) is 6.59. The van der Waals surface area contributed by atoms with Crippen molar-refractivity contribution in [3.63, 3.8) is 0 Å². The van der Waals surface area contributed by atoms with Gasteiger partial charge in [-0.2, -0.15) is 0 Å². The molecule has 1 rings (SSSR count). The molecule has 0 fully saturated rings. The summed E-state index contributed by atoms with van der Waals surface area (Å²) in [5, 5.41) is 19.1. The predicted octanol–water partition coefficient (Wildman–Crippen LogP) is 0.883. The van der Waals surface area contributed by atoms with Crippen molar-refractivity contribution in [1.29, 1.82) is 0 Å². The van der Waals surface area contributed by atoms with Crippen molar-refractivity contribution in [3.8, 4) is 0 Å². The zero-order chi connectivity index (χ0) is 15.3. The highest BCUT2D eigenvalue weighted by Gasteiger charge is 2.33. The lowest BCUT2D eigenvalue weighted by Crippen LogP contribution is -2.52. The Kier molecular flexibility index (Phi) is 5.66. The minimum absolute atomic E-state index is 0.237. The van der Waals surface area contributed by atoms with Crippen molar-refractivity contribution >= 4 is 11.9 Å². The Hall–Kier alpha value is -1.92. The smallest absolute Gasteiger partial charge is 0.329 e. The van der Waals surface area contributed by atoms with E-state index in [1.165, 1.54) is 0 Å². The van der Waals surface area contributed by atoms with E-state index in [4.69, 9.17) is 10.8 Å². The summed E-state index contributed by atoms with van der Waals surface area (Å²) in [6, 6.07) is 6.81. The lowest BCUT2D eigenvalue weighted by molar-refractivity contribution is -0.191. The van der Waals surface area contributed by atoms with Gasteiger partial charge in [-0.1, -0.05) is 44.2 Å². The number of hydrogen-bond acceptors (Lipinski definition) is 4. The second-order valence-corrected chi connectivity index (χ2v) is 5.01. The molecular weight excluding hydrogens is 260 g/mol. The van der Waals surface area contributed by atoms with Crippen LogP contribution in [0.4, 0.5) is 0 Å². The van der Waals surface area contributed by atoms with E-state index in [0.29, 0.717) is 0 Å². The van der Waals surface area contributed by atoms with E-state index in [1.54, 1.807) is 13.8 Å². The number of benzene rings is 1. The fourth-order valence-corrected chi connectivity index (χ4v) is 1.93. The van der Waals surface area contributed by atoms with E-state index in [0.717, 1.165) is 5.56 Å². The molecule has 0 aromatic heterocycles. The first kappa shape index (κ1) is 16.1. The van der Waals surface area contributed by atoms with E-state index in [1.807, 2.05) is 30.3 Å². The summed E-state index contributed by atoms with van der Waals surface area (Å²) in [6.07, 6.45) is 0.237. The van der Waals surface area contributed by atoms with Gasteiger partial charge in [0.1, 0.15) is 0 Å². The fourth-order valence-electron chi connectivity index (χ4n) is 1.93. The highest BCUT2D eigenvalue weighted by molar-refractivity contribution is 5.86. The van der Waals surface area contributed by atoms with Crippen LogP contribution in [0.2, 0.25) is 0 Å². The topological polar surface area (TPSA) is 104 Å². The minimum Gasteiger partial charge on any atom is -0.480 e. The highest BCUT2D eigenvalue weighted by atomic mass is 16.5. The summed E-state index contributed by atoms with van der Waals surface area (Å²) in [6.45, 7) is 3.22. The Labute approximate surface area is 117 Å². The molecular formula is C14H20N2O4. The van der Waals surface area contributed by atoms with Crippen LogP contribution in [0.25, 0.3) is 0 Å². The summed E-state index contributed by atoms with van der Waals surface area (Å²) < 4.78 is 0. The van der Waals surface area contributed by atoms with Gasteiger partial charge in [0, 0.05) is 0 Å². The number of amides is 1. The van der Waals surface area contributed by atoms with E-state index in [2.05, 4.69) is 0 Å².